The summed E-state index contributed by atoms with van der Waals surface area (Å²) in [6, 6.07) is 0. The van der Waals surface area contributed by atoms with Gasteiger partial charge in [0.1, 0.15) is 26.2 Å². The highest BCUT2D eigenvalue weighted by Crippen LogP contribution is 2.12. The number of nitrogens with one attached hydrogen (secondary N) is 2. The second kappa shape index (κ2) is 38.2. The quantitative estimate of drug-likeness (QED) is 0.0547. The first-order valence-electron chi connectivity index (χ1n) is 20.2. The van der Waals surface area contributed by atoms with Crippen molar-refractivity contribution in [3.05, 3.63) is 0 Å². The van der Waals surface area contributed by atoms with Crippen LogP contribution in [0.4, 0.5) is 0 Å². The lowest BCUT2D eigenvalue weighted by Gasteiger charge is -2.23. The van der Waals surface area contributed by atoms with E-state index in [0.717, 1.165) is 26.2 Å². The van der Waals surface area contributed by atoms with Crippen molar-refractivity contribution in [2.24, 2.45) is 0 Å². The summed E-state index contributed by atoms with van der Waals surface area (Å²) in [5.41, 5.74) is 7.87. The van der Waals surface area contributed by atoms with E-state index >= 15 is 0 Å². The van der Waals surface area contributed by atoms with Crippen LogP contribution < -0.4 is 21.3 Å². The summed E-state index contributed by atoms with van der Waals surface area (Å²) in [7, 11) is 0. The van der Waals surface area contributed by atoms with E-state index in [1.807, 2.05) is 0 Å². The topological polar surface area (TPSA) is 105 Å². The van der Waals surface area contributed by atoms with Gasteiger partial charge in [0.05, 0.1) is 26.2 Å². The predicted molar refractivity (Wildman–Crippen MR) is 197 cm³/mol. The van der Waals surface area contributed by atoms with E-state index in [-0.39, 0.29) is 19.6 Å². The van der Waals surface area contributed by atoms with Crippen molar-refractivity contribution in [1.82, 2.24) is 0 Å². The van der Waals surface area contributed by atoms with Gasteiger partial charge in [-0.1, -0.05) is 150 Å². The van der Waals surface area contributed by atoms with Crippen molar-refractivity contribution < 1.29 is 31.5 Å². The molecule has 45 heavy (non-hydrogen) atoms. The molecule has 6 heteroatoms. The predicted octanol–water partition coefficient (Wildman–Crippen LogP) is 4.78. The molecule has 0 radical (unpaired) electrons. The number of hydrogen-bond donors (Lipinski definition) is 6. The zero-order valence-corrected chi connectivity index (χ0v) is 30.5. The lowest BCUT2D eigenvalue weighted by atomic mass is 10.1. The smallest absolute Gasteiger partial charge is 0.151 e. The molecule has 10 N–H and O–H groups in total. The third-order valence-corrected chi connectivity index (χ3v) is 9.79. The number of aliphatic hydroxyl groups excluding tert-OH is 2. The van der Waals surface area contributed by atoms with Crippen LogP contribution >= 0.6 is 0 Å². The first-order valence-corrected chi connectivity index (χ1v) is 20.2. The summed E-state index contributed by atoms with van der Waals surface area (Å²) >= 11 is 0. The van der Waals surface area contributed by atoms with Gasteiger partial charge in [-0.2, -0.15) is 0 Å². The molecule has 0 aliphatic rings. The average Bonchev–Trinajstić information content (AvgIpc) is 3.03. The number of quaternary nitrogens is 4. The van der Waals surface area contributed by atoms with Crippen LogP contribution in [-0.4, -0.2) is 74.8 Å². The van der Waals surface area contributed by atoms with Crippen LogP contribution in [0.5, 0.6) is 0 Å². The SMILES string of the molecule is C.CCCCCCCCCCCCCC[NH+](CCCC[NH+](CCCCCCCCCCCCCC)CC(O)C[NH3+])CC(O)C[NH3+]. The van der Waals surface area contributed by atoms with E-state index in [1.165, 1.54) is 180 Å². The van der Waals surface area contributed by atoms with Crippen molar-refractivity contribution in [2.75, 3.05) is 52.4 Å². The van der Waals surface area contributed by atoms with Crippen LogP contribution in [-0.2, 0) is 0 Å². The lowest BCUT2D eigenvalue weighted by Crippen LogP contribution is -3.14. The van der Waals surface area contributed by atoms with Gasteiger partial charge in [0.15, 0.2) is 12.2 Å². The van der Waals surface area contributed by atoms with E-state index in [0.29, 0.717) is 13.1 Å². The van der Waals surface area contributed by atoms with Gasteiger partial charge in [-0.05, 0) is 25.7 Å². The Labute approximate surface area is 283 Å². The van der Waals surface area contributed by atoms with E-state index in [4.69, 9.17) is 0 Å². The molecule has 0 aromatic heterocycles. The van der Waals surface area contributed by atoms with E-state index in [1.54, 1.807) is 9.80 Å². The number of aliphatic hydroxyl groups is 2. The molecular formula is C39H90N4O2+4. The molecule has 0 spiro atoms. The number of unbranched alkanes of at least 4 members (excludes halogenated alkanes) is 23. The van der Waals surface area contributed by atoms with Gasteiger partial charge >= 0.3 is 0 Å². The van der Waals surface area contributed by atoms with Crippen LogP contribution in [0, 0.1) is 0 Å². The summed E-state index contributed by atoms with van der Waals surface area (Å²) in [6.45, 7) is 12.2. The molecular weight excluding hydrogens is 556 g/mol. The van der Waals surface area contributed by atoms with Crippen molar-refractivity contribution in [3.63, 3.8) is 0 Å². The van der Waals surface area contributed by atoms with Crippen LogP contribution in [0.1, 0.15) is 188 Å². The Hall–Kier alpha value is -0.240. The Bertz CT molecular complexity index is 493. The molecule has 0 amide bonds. The Kier molecular flexibility index (Phi) is 39.8. The van der Waals surface area contributed by atoms with Crippen LogP contribution in [0.25, 0.3) is 0 Å². The molecule has 0 aromatic carbocycles. The second-order valence-corrected chi connectivity index (χ2v) is 14.3. The standard InChI is InChI=1S/C38H82N4O2.CH4/c1-3-5-7-9-11-13-15-17-19-21-23-25-29-41(35-37(43)33-39)31-27-28-32-42(36-38(44)34-40)30-26-24-22-20-18-16-14-12-10-8-6-4-2;/h37-38,43-44H,3-36,39-40H2,1-2H3;1H4/p+4. The summed E-state index contributed by atoms with van der Waals surface area (Å²) in [5, 5.41) is 20.6. The van der Waals surface area contributed by atoms with E-state index in [2.05, 4.69) is 25.3 Å². The molecule has 0 fully saturated rings. The van der Waals surface area contributed by atoms with Gasteiger partial charge in [-0.25, -0.2) is 0 Å². The molecule has 0 aromatic rings. The summed E-state index contributed by atoms with van der Waals surface area (Å²) in [4.78, 5) is 3.13. The third kappa shape index (κ3) is 34.9. The molecule has 6 nitrogen and oxygen atoms in total. The summed E-state index contributed by atoms with van der Waals surface area (Å²) in [5.74, 6) is 0. The maximum absolute atomic E-state index is 10.3. The minimum absolute atomic E-state index is 0. The molecule has 0 aliphatic heterocycles. The Morgan fingerprint density at radius 3 is 0.800 bits per heavy atom. The van der Waals surface area contributed by atoms with E-state index < -0.39 is 0 Å². The van der Waals surface area contributed by atoms with Crippen molar-refractivity contribution in [1.29, 1.82) is 0 Å². The lowest BCUT2D eigenvalue weighted by molar-refractivity contribution is -0.910. The largest absolute Gasteiger partial charge is 0.382 e. The van der Waals surface area contributed by atoms with Gasteiger partial charge < -0.3 is 31.5 Å². The molecule has 0 saturated heterocycles. The van der Waals surface area contributed by atoms with Crippen LogP contribution in [0.2, 0.25) is 0 Å². The maximum Gasteiger partial charge on any atom is 0.151 e. The van der Waals surface area contributed by atoms with Crippen molar-refractivity contribution >= 4 is 0 Å². The molecule has 274 valence electrons. The van der Waals surface area contributed by atoms with Crippen molar-refractivity contribution in [2.45, 2.75) is 200 Å². The van der Waals surface area contributed by atoms with Gasteiger partial charge in [0, 0.05) is 12.8 Å². The molecule has 0 bridgehead atoms. The number of hydrogen-bond acceptors (Lipinski definition) is 2. The van der Waals surface area contributed by atoms with E-state index in [9.17, 15) is 10.2 Å². The van der Waals surface area contributed by atoms with Gasteiger partial charge in [-0.15, -0.1) is 0 Å². The third-order valence-electron chi connectivity index (χ3n) is 9.79. The summed E-state index contributed by atoms with van der Waals surface area (Å²) < 4.78 is 0. The fourth-order valence-electron chi connectivity index (χ4n) is 6.71. The monoisotopic (exact) mass is 647 g/mol. The zero-order valence-electron chi connectivity index (χ0n) is 30.5. The Morgan fingerprint density at radius 2 is 0.578 bits per heavy atom. The highest BCUT2D eigenvalue weighted by molar-refractivity contribution is 4.53. The molecule has 4 unspecified atom stereocenters. The highest BCUT2D eigenvalue weighted by atomic mass is 16.3. The maximum atomic E-state index is 10.3. The highest BCUT2D eigenvalue weighted by Gasteiger charge is 2.17. The fraction of sp³-hybridized carbons (Fsp3) is 1.00. The minimum atomic E-state index is -0.276. The molecule has 0 rings (SSSR count). The molecule has 0 aliphatic carbocycles. The van der Waals surface area contributed by atoms with Crippen molar-refractivity contribution in [3.8, 4) is 0 Å². The van der Waals surface area contributed by atoms with Gasteiger partial charge in [0.2, 0.25) is 0 Å². The van der Waals surface area contributed by atoms with Crippen LogP contribution in [0.15, 0.2) is 0 Å². The molecule has 4 atom stereocenters. The number of rotatable bonds is 37. The summed E-state index contributed by atoms with van der Waals surface area (Å²) in [6.07, 6.45) is 35.2. The van der Waals surface area contributed by atoms with Gasteiger partial charge in [-0.3, -0.25) is 0 Å². The molecule has 0 saturated carbocycles. The average molecular weight is 647 g/mol. The first-order chi connectivity index (χ1) is 21.6. The first kappa shape index (κ1) is 46.9. The van der Waals surface area contributed by atoms with Gasteiger partial charge in [0.25, 0.3) is 0 Å². The Morgan fingerprint density at radius 1 is 0.378 bits per heavy atom. The molecule has 0 heterocycles. The minimum Gasteiger partial charge on any atom is -0.382 e. The Balaban J connectivity index is 0. The fourth-order valence-corrected chi connectivity index (χ4v) is 6.71. The normalized spacial score (nSPS) is 14.3. The second-order valence-electron chi connectivity index (χ2n) is 14.3. The zero-order chi connectivity index (χ0) is 32.4. The van der Waals surface area contributed by atoms with Crippen LogP contribution in [0.3, 0.4) is 0 Å².